The Bertz CT molecular complexity index is 415. The van der Waals surface area contributed by atoms with Gasteiger partial charge >= 0.3 is 0 Å². The van der Waals surface area contributed by atoms with Crippen molar-refractivity contribution in [3.05, 3.63) is 29.8 Å². The van der Waals surface area contributed by atoms with E-state index in [0.717, 1.165) is 10.5 Å². The van der Waals surface area contributed by atoms with Crippen molar-refractivity contribution in [2.24, 2.45) is 5.73 Å². The Kier molecular flexibility index (Phi) is 4.63. The van der Waals surface area contributed by atoms with E-state index in [1.165, 1.54) is 18.0 Å². The van der Waals surface area contributed by atoms with Crippen molar-refractivity contribution in [3.63, 3.8) is 0 Å². The third kappa shape index (κ3) is 4.68. The maximum atomic E-state index is 10.9. The molecule has 2 N–H and O–H groups in total. The van der Waals surface area contributed by atoms with Gasteiger partial charge in [-0.15, -0.1) is 11.8 Å². The Balaban J connectivity index is 2.58. The summed E-state index contributed by atoms with van der Waals surface area (Å²) in [6, 6.07) is 7.79. The van der Waals surface area contributed by atoms with Crippen molar-refractivity contribution in [1.82, 2.24) is 0 Å². The highest BCUT2D eigenvalue weighted by atomic mass is 32.2. The second-order valence-corrected chi connectivity index (χ2v) is 6.69. The number of benzene rings is 1. The lowest BCUT2D eigenvalue weighted by Crippen LogP contribution is -2.05. The lowest BCUT2D eigenvalue weighted by atomic mass is 10.2. The maximum absolute atomic E-state index is 10.9. The summed E-state index contributed by atoms with van der Waals surface area (Å²) in [6.45, 7) is 0.488. The first-order valence-electron chi connectivity index (χ1n) is 4.61. The van der Waals surface area contributed by atoms with Gasteiger partial charge in [0, 0.05) is 23.4 Å². The highest BCUT2D eigenvalue weighted by molar-refractivity contribution is 8.00. The number of hydrogen-bond donors (Lipinski definition) is 1. The number of nitrogens with two attached hydrogens (primary N) is 1. The highest BCUT2D eigenvalue weighted by Gasteiger charge is 2.04. The molecule has 0 amide bonds. The molecule has 3 nitrogen and oxygen atoms in total. The first kappa shape index (κ1) is 12.5. The van der Waals surface area contributed by atoms with Gasteiger partial charge in [-0.3, -0.25) is 0 Å². The molecule has 0 aliphatic rings. The molecule has 0 saturated carbocycles. The number of rotatable bonds is 5. The van der Waals surface area contributed by atoms with Crippen LogP contribution in [0.4, 0.5) is 0 Å². The van der Waals surface area contributed by atoms with Crippen LogP contribution in [0.25, 0.3) is 0 Å². The molecule has 0 aromatic heterocycles. The molecule has 0 aliphatic carbocycles. The fourth-order valence-corrected chi connectivity index (χ4v) is 3.39. The van der Waals surface area contributed by atoms with E-state index in [-0.39, 0.29) is 5.75 Å². The summed E-state index contributed by atoms with van der Waals surface area (Å²) in [6.07, 6.45) is 1.25. The fraction of sp³-hybridized carbons (Fsp3) is 0.400. The first-order chi connectivity index (χ1) is 7.03. The summed E-state index contributed by atoms with van der Waals surface area (Å²) >= 11 is 1.54. The number of sulfone groups is 1. The fourth-order valence-electron chi connectivity index (χ4n) is 1.12. The van der Waals surface area contributed by atoms with Crippen LogP contribution in [0.5, 0.6) is 0 Å². The quantitative estimate of drug-likeness (QED) is 0.794. The van der Waals surface area contributed by atoms with Gasteiger partial charge in [0.1, 0.15) is 9.84 Å². The van der Waals surface area contributed by atoms with Gasteiger partial charge < -0.3 is 5.73 Å². The van der Waals surface area contributed by atoms with E-state index in [4.69, 9.17) is 5.73 Å². The summed E-state index contributed by atoms with van der Waals surface area (Å²) in [7, 11) is -2.87. The molecule has 0 fully saturated rings. The van der Waals surface area contributed by atoms with Crippen molar-refractivity contribution in [1.29, 1.82) is 0 Å². The topological polar surface area (TPSA) is 60.2 Å². The van der Waals surface area contributed by atoms with Crippen molar-refractivity contribution in [3.8, 4) is 0 Å². The molecule has 0 unspecified atom stereocenters. The number of thioether (sulfide) groups is 1. The van der Waals surface area contributed by atoms with Gasteiger partial charge in [0.05, 0.1) is 5.75 Å². The molecule has 0 saturated heterocycles. The Morgan fingerprint density at radius 1 is 1.33 bits per heavy atom. The van der Waals surface area contributed by atoms with Crippen molar-refractivity contribution in [2.45, 2.75) is 11.4 Å². The zero-order chi connectivity index (χ0) is 11.3. The van der Waals surface area contributed by atoms with Crippen LogP contribution in [0.15, 0.2) is 29.2 Å². The lowest BCUT2D eigenvalue weighted by molar-refractivity contribution is 0.603. The average Bonchev–Trinajstić information content (AvgIpc) is 2.16. The van der Waals surface area contributed by atoms with Crippen LogP contribution >= 0.6 is 11.8 Å². The van der Waals surface area contributed by atoms with Crippen LogP contribution in [0, 0.1) is 0 Å². The zero-order valence-electron chi connectivity index (χ0n) is 8.64. The summed E-state index contributed by atoms with van der Waals surface area (Å²) in [5, 5.41) is 0. The van der Waals surface area contributed by atoms with Gasteiger partial charge in [0.15, 0.2) is 0 Å². The molecule has 0 radical (unpaired) electrons. The van der Waals surface area contributed by atoms with E-state index in [2.05, 4.69) is 0 Å². The van der Waals surface area contributed by atoms with E-state index >= 15 is 0 Å². The van der Waals surface area contributed by atoms with Gasteiger partial charge in [-0.25, -0.2) is 8.42 Å². The Morgan fingerprint density at radius 2 is 2.00 bits per heavy atom. The molecular formula is C10H15NO2S2. The van der Waals surface area contributed by atoms with Crippen molar-refractivity contribution < 1.29 is 8.42 Å². The van der Waals surface area contributed by atoms with E-state index in [9.17, 15) is 8.42 Å². The normalized spacial score (nSPS) is 11.6. The monoisotopic (exact) mass is 245 g/mol. The van der Waals surface area contributed by atoms with Crippen LogP contribution in [-0.2, 0) is 16.4 Å². The first-order valence-corrected chi connectivity index (χ1v) is 7.66. The lowest BCUT2D eigenvalue weighted by Gasteiger charge is -2.06. The molecule has 0 aliphatic heterocycles. The molecule has 1 aromatic carbocycles. The minimum atomic E-state index is -2.87. The van der Waals surface area contributed by atoms with Gasteiger partial charge in [-0.05, 0) is 11.6 Å². The van der Waals surface area contributed by atoms with Gasteiger partial charge in [-0.2, -0.15) is 0 Å². The zero-order valence-corrected chi connectivity index (χ0v) is 10.3. The van der Waals surface area contributed by atoms with Crippen LogP contribution in [0.1, 0.15) is 5.56 Å². The predicted molar refractivity (Wildman–Crippen MR) is 64.8 cm³/mol. The summed E-state index contributed by atoms with van der Waals surface area (Å²) < 4.78 is 21.9. The summed E-state index contributed by atoms with van der Waals surface area (Å²) in [4.78, 5) is 1.07. The molecular weight excluding hydrogens is 230 g/mol. The molecule has 1 aromatic rings. The maximum Gasteiger partial charge on any atom is 0.148 e. The van der Waals surface area contributed by atoms with Crippen LogP contribution in [0.3, 0.4) is 0 Å². The van der Waals surface area contributed by atoms with Gasteiger partial charge in [0.25, 0.3) is 0 Å². The van der Waals surface area contributed by atoms with Crippen LogP contribution in [-0.4, -0.2) is 26.2 Å². The van der Waals surface area contributed by atoms with E-state index in [1.807, 2.05) is 24.3 Å². The smallest absolute Gasteiger partial charge is 0.148 e. The molecule has 0 atom stereocenters. The minimum absolute atomic E-state index is 0.205. The predicted octanol–water partition coefficient (Wildman–Crippen LogP) is 1.28. The third-order valence-electron chi connectivity index (χ3n) is 1.90. The standard InChI is InChI=1S/C10H15NO2S2/c1-15(12,13)7-6-14-10-5-3-2-4-9(10)8-11/h2-5H,6-8,11H2,1H3. The van der Waals surface area contributed by atoms with Crippen LogP contribution < -0.4 is 5.73 Å². The molecule has 84 valence electrons. The van der Waals surface area contributed by atoms with Crippen LogP contribution in [0.2, 0.25) is 0 Å². The highest BCUT2D eigenvalue weighted by Crippen LogP contribution is 2.22. The molecule has 5 heteroatoms. The Labute approximate surface area is 95.0 Å². The van der Waals surface area contributed by atoms with E-state index < -0.39 is 9.84 Å². The Hall–Kier alpha value is -0.520. The summed E-state index contributed by atoms with van der Waals surface area (Å²) in [5.41, 5.74) is 6.64. The number of hydrogen-bond acceptors (Lipinski definition) is 4. The van der Waals surface area contributed by atoms with Crippen molar-refractivity contribution in [2.75, 3.05) is 17.8 Å². The second kappa shape index (κ2) is 5.53. The molecule has 0 heterocycles. The van der Waals surface area contributed by atoms with Gasteiger partial charge in [0.2, 0.25) is 0 Å². The average molecular weight is 245 g/mol. The third-order valence-corrected chi connectivity index (χ3v) is 4.23. The van der Waals surface area contributed by atoms with E-state index in [0.29, 0.717) is 12.3 Å². The van der Waals surface area contributed by atoms with E-state index in [1.54, 1.807) is 0 Å². The van der Waals surface area contributed by atoms with Crippen molar-refractivity contribution >= 4 is 21.6 Å². The molecule has 0 bridgehead atoms. The molecule has 0 spiro atoms. The summed E-state index contributed by atoms with van der Waals surface area (Å²) in [5.74, 6) is 0.784. The molecule has 1 rings (SSSR count). The Morgan fingerprint density at radius 3 is 2.60 bits per heavy atom. The largest absolute Gasteiger partial charge is 0.326 e. The molecule has 15 heavy (non-hydrogen) atoms. The van der Waals surface area contributed by atoms with Gasteiger partial charge in [-0.1, -0.05) is 18.2 Å². The minimum Gasteiger partial charge on any atom is -0.326 e. The second-order valence-electron chi connectivity index (χ2n) is 3.29. The SMILES string of the molecule is CS(=O)(=O)CCSc1ccccc1CN.